The molecule has 3 aromatic rings. The molecule has 1 heterocycles. The average molecular weight is 343 g/mol. The molecule has 4 heteroatoms. The van der Waals surface area contributed by atoms with E-state index in [0.29, 0.717) is 0 Å². The molecule has 106 valence electrons. The minimum absolute atomic E-state index is 0.00503. The van der Waals surface area contributed by atoms with Crippen molar-refractivity contribution in [1.29, 1.82) is 0 Å². The number of nitrogens with zero attached hydrogens (tertiary/aromatic N) is 1. The van der Waals surface area contributed by atoms with E-state index in [1.54, 1.807) is 6.20 Å². The molecule has 0 aliphatic rings. The summed E-state index contributed by atoms with van der Waals surface area (Å²) in [6.45, 7) is 1.96. The van der Waals surface area contributed by atoms with E-state index in [2.05, 4.69) is 20.9 Å². The van der Waals surface area contributed by atoms with Crippen molar-refractivity contribution in [3.8, 4) is 11.5 Å². The normalized spacial score (nSPS) is 12.3. The van der Waals surface area contributed by atoms with Crippen LogP contribution < -0.4 is 10.5 Å². The standard InChI is InChI=1S/C17H15BrN2O/c1-11(19)13-7-8-15(14(18)10-13)21-16-6-2-4-12-5-3-9-20-17(12)16/h2-11H,19H2,1H3/t11-/m1/s1. The number of hydrogen-bond acceptors (Lipinski definition) is 3. The van der Waals surface area contributed by atoms with Gasteiger partial charge in [0.25, 0.3) is 0 Å². The van der Waals surface area contributed by atoms with Crippen LogP contribution in [0.3, 0.4) is 0 Å². The predicted molar refractivity (Wildman–Crippen MR) is 88.6 cm³/mol. The van der Waals surface area contributed by atoms with Crippen molar-refractivity contribution in [2.24, 2.45) is 5.73 Å². The van der Waals surface area contributed by atoms with Crippen molar-refractivity contribution < 1.29 is 4.74 Å². The van der Waals surface area contributed by atoms with E-state index in [1.165, 1.54) is 0 Å². The van der Waals surface area contributed by atoms with E-state index in [1.807, 2.05) is 55.5 Å². The van der Waals surface area contributed by atoms with Crippen LogP contribution in [0.25, 0.3) is 10.9 Å². The Labute approximate surface area is 131 Å². The van der Waals surface area contributed by atoms with Crippen molar-refractivity contribution in [1.82, 2.24) is 4.98 Å². The maximum absolute atomic E-state index is 6.01. The number of nitrogens with two attached hydrogens (primary N) is 1. The average Bonchev–Trinajstić information content (AvgIpc) is 2.49. The fourth-order valence-electron chi connectivity index (χ4n) is 2.16. The maximum Gasteiger partial charge on any atom is 0.153 e. The summed E-state index contributed by atoms with van der Waals surface area (Å²) >= 11 is 3.54. The molecular weight excluding hydrogens is 328 g/mol. The Bertz CT molecular complexity index is 781. The van der Waals surface area contributed by atoms with E-state index in [-0.39, 0.29) is 6.04 Å². The smallest absolute Gasteiger partial charge is 0.153 e. The summed E-state index contributed by atoms with van der Waals surface area (Å²) in [4.78, 5) is 4.39. The Balaban J connectivity index is 1.99. The highest BCUT2D eigenvalue weighted by molar-refractivity contribution is 9.10. The van der Waals surface area contributed by atoms with E-state index in [0.717, 1.165) is 32.4 Å². The monoisotopic (exact) mass is 342 g/mol. The molecule has 0 aliphatic heterocycles. The number of hydrogen-bond donors (Lipinski definition) is 1. The van der Waals surface area contributed by atoms with Crippen LogP contribution in [0.4, 0.5) is 0 Å². The molecule has 0 spiro atoms. The summed E-state index contributed by atoms with van der Waals surface area (Å²) in [6, 6.07) is 15.7. The van der Waals surface area contributed by atoms with Gasteiger partial charge in [0, 0.05) is 17.6 Å². The summed E-state index contributed by atoms with van der Waals surface area (Å²) in [6.07, 6.45) is 1.77. The molecule has 0 amide bonds. The van der Waals surface area contributed by atoms with Gasteiger partial charge in [-0.3, -0.25) is 4.98 Å². The molecule has 3 rings (SSSR count). The molecule has 0 bridgehead atoms. The summed E-state index contributed by atoms with van der Waals surface area (Å²) in [7, 11) is 0. The number of halogens is 1. The van der Waals surface area contributed by atoms with Crippen LogP contribution in [0.15, 0.2) is 59.2 Å². The second-order valence-corrected chi connectivity index (χ2v) is 5.77. The molecule has 0 radical (unpaired) electrons. The highest BCUT2D eigenvalue weighted by Gasteiger charge is 2.09. The number of aromatic nitrogens is 1. The molecule has 2 N–H and O–H groups in total. The van der Waals surface area contributed by atoms with Crippen LogP contribution in [0.2, 0.25) is 0 Å². The summed E-state index contributed by atoms with van der Waals surface area (Å²) in [5.41, 5.74) is 7.80. The topological polar surface area (TPSA) is 48.1 Å². The molecule has 1 atom stereocenters. The van der Waals surface area contributed by atoms with Gasteiger partial charge in [0.1, 0.15) is 11.3 Å². The van der Waals surface area contributed by atoms with Gasteiger partial charge in [-0.2, -0.15) is 0 Å². The molecule has 2 aromatic carbocycles. The second-order valence-electron chi connectivity index (χ2n) is 4.91. The number of ether oxygens (including phenoxy) is 1. The molecule has 1 aromatic heterocycles. The quantitative estimate of drug-likeness (QED) is 0.742. The van der Waals surface area contributed by atoms with Gasteiger partial charge in [-0.25, -0.2) is 0 Å². The highest BCUT2D eigenvalue weighted by Crippen LogP contribution is 2.34. The first kappa shape index (κ1) is 14.0. The molecule has 0 saturated heterocycles. The van der Waals surface area contributed by atoms with Crippen molar-refractivity contribution in [3.05, 3.63) is 64.8 Å². The van der Waals surface area contributed by atoms with Gasteiger partial charge in [0.2, 0.25) is 0 Å². The van der Waals surface area contributed by atoms with Crippen LogP contribution in [0.1, 0.15) is 18.5 Å². The highest BCUT2D eigenvalue weighted by atomic mass is 79.9. The maximum atomic E-state index is 6.01. The lowest BCUT2D eigenvalue weighted by Gasteiger charge is -2.12. The van der Waals surface area contributed by atoms with Crippen LogP contribution >= 0.6 is 15.9 Å². The third kappa shape index (κ3) is 2.91. The van der Waals surface area contributed by atoms with Gasteiger partial charge in [-0.05, 0) is 52.7 Å². The van der Waals surface area contributed by atoms with Gasteiger partial charge in [-0.1, -0.05) is 24.3 Å². The van der Waals surface area contributed by atoms with Crippen molar-refractivity contribution >= 4 is 26.8 Å². The van der Waals surface area contributed by atoms with E-state index >= 15 is 0 Å². The van der Waals surface area contributed by atoms with Gasteiger partial charge in [0.05, 0.1) is 4.47 Å². The minimum atomic E-state index is -0.00503. The number of rotatable bonds is 3. The third-order valence-corrected chi connectivity index (χ3v) is 3.92. The SMILES string of the molecule is C[C@@H](N)c1ccc(Oc2cccc3cccnc23)c(Br)c1. The lowest BCUT2D eigenvalue weighted by molar-refractivity contribution is 0.483. The Kier molecular flexibility index (Phi) is 3.90. The first-order valence-electron chi connectivity index (χ1n) is 6.72. The number of para-hydroxylation sites is 1. The first-order chi connectivity index (χ1) is 10.1. The summed E-state index contributed by atoms with van der Waals surface area (Å²) < 4.78 is 6.89. The van der Waals surface area contributed by atoms with Crippen molar-refractivity contribution in [2.45, 2.75) is 13.0 Å². The Morgan fingerprint density at radius 3 is 2.67 bits per heavy atom. The molecule has 0 fully saturated rings. The first-order valence-corrected chi connectivity index (χ1v) is 7.51. The minimum Gasteiger partial charge on any atom is -0.454 e. The second kappa shape index (κ2) is 5.84. The fourth-order valence-corrected chi connectivity index (χ4v) is 2.64. The predicted octanol–water partition coefficient (Wildman–Crippen LogP) is 4.81. The zero-order chi connectivity index (χ0) is 14.8. The van der Waals surface area contributed by atoms with Gasteiger partial charge in [0.15, 0.2) is 5.75 Å². The van der Waals surface area contributed by atoms with Crippen molar-refractivity contribution in [2.75, 3.05) is 0 Å². The van der Waals surface area contributed by atoms with Crippen LogP contribution in [-0.2, 0) is 0 Å². The third-order valence-electron chi connectivity index (χ3n) is 3.30. The molecule has 3 nitrogen and oxygen atoms in total. The zero-order valence-corrected chi connectivity index (χ0v) is 13.2. The van der Waals surface area contributed by atoms with E-state index in [9.17, 15) is 0 Å². The molecular formula is C17H15BrN2O. The van der Waals surface area contributed by atoms with Crippen LogP contribution in [0.5, 0.6) is 11.5 Å². The van der Waals surface area contributed by atoms with Gasteiger partial charge < -0.3 is 10.5 Å². The zero-order valence-electron chi connectivity index (χ0n) is 11.6. The van der Waals surface area contributed by atoms with E-state index in [4.69, 9.17) is 10.5 Å². The van der Waals surface area contributed by atoms with Gasteiger partial charge in [-0.15, -0.1) is 0 Å². The largest absolute Gasteiger partial charge is 0.454 e. The summed E-state index contributed by atoms with van der Waals surface area (Å²) in [5, 5.41) is 1.05. The summed E-state index contributed by atoms with van der Waals surface area (Å²) in [5.74, 6) is 1.49. The van der Waals surface area contributed by atoms with Crippen molar-refractivity contribution in [3.63, 3.8) is 0 Å². The number of pyridine rings is 1. The van der Waals surface area contributed by atoms with E-state index < -0.39 is 0 Å². The Hall–Kier alpha value is -1.91. The van der Waals surface area contributed by atoms with Crippen LogP contribution in [0, 0.1) is 0 Å². The fraction of sp³-hybridized carbons (Fsp3) is 0.118. The number of fused-ring (bicyclic) bond motifs is 1. The Morgan fingerprint density at radius 2 is 1.90 bits per heavy atom. The molecule has 0 unspecified atom stereocenters. The van der Waals surface area contributed by atoms with Gasteiger partial charge >= 0.3 is 0 Å². The molecule has 21 heavy (non-hydrogen) atoms. The Morgan fingerprint density at radius 1 is 1.10 bits per heavy atom. The molecule has 0 aliphatic carbocycles. The van der Waals surface area contributed by atoms with Crippen LogP contribution in [-0.4, -0.2) is 4.98 Å². The number of benzene rings is 2. The lowest BCUT2D eigenvalue weighted by atomic mass is 10.1. The lowest BCUT2D eigenvalue weighted by Crippen LogP contribution is -2.04. The molecule has 0 saturated carbocycles.